The van der Waals surface area contributed by atoms with Crippen molar-refractivity contribution in [1.29, 1.82) is 0 Å². The third-order valence-corrected chi connectivity index (χ3v) is 6.42. The lowest BCUT2D eigenvalue weighted by Crippen LogP contribution is -2.65. The lowest BCUT2D eigenvalue weighted by atomic mass is 9.90. The number of nitrogens with one attached hydrogen (secondary N) is 1. The Morgan fingerprint density at radius 2 is 1.94 bits per heavy atom. The standard InChI is InChI=1S/C24H30N4O4/c1-4-32-22(30)18-14-20-21(29)28(19-13-9-8-10-16(19)2)24(3,15-27(20)26-18)23(31)25-17-11-6-5-7-12-17/h8-10,13-14,17H,4-7,11-12,15H2,1-3H3,(H,25,31)/t24-/m0/s1. The van der Waals surface area contributed by atoms with Crippen molar-refractivity contribution in [2.75, 3.05) is 11.5 Å². The summed E-state index contributed by atoms with van der Waals surface area (Å²) < 4.78 is 6.51. The van der Waals surface area contributed by atoms with Crippen LogP contribution in [0.2, 0.25) is 0 Å². The maximum atomic E-state index is 13.7. The van der Waals surface area contributed by atoms with E-state index in [4.69, 9.17) is 4.74 Å². The highest BCUT2D eigenvalue weighted by Gasteiger charge is 2.49. The normalized spacial score (nSPS) is 21.2. The second kappa shape index (κ2) is 8.76. The van der Waals surface area contributed by atoms with Gasteiger partial charge in [0.25, 0.3) is 5.91 Å². The van der Waals surface area contributed by atoms with Crippen LogP contribution in [0.3, 0.4) is 0 Å². The predicted molar refractivity (Wildman–Crippen MR) is 120 cm³/mol. The average Bonchev–Trinajstić information content (AvgIpc) is 3.20. The number of amides is 2. The molecule has 32 heavy (non-hydrogen) atoms. The van der Waals surface area contributed by atoms with Crippen molar-refractivity contribution in [2.24, 2.45) is 0 Å². The first-order valence-electron chi connectivity index (χ1n) is 11.3. The van der Waals surface area contributed by atoms with Crippen LogP contribution in [0.4, 0.5) is 5.69 Å². The van der Waals surface area contributed by atoms with Gasteiger partial charge in [-0.2, -0.15) is 5.10 Å². The van der Waals surface area contributed by atoms with E-state index in [1.807, 2.05) is 31.2 Å². The Balaban J connectivity index is 1.75. The molecular weight excluding hydrogens is 408 g/mol. The molecule has 1 N–H and O–H groups in total. The van der Waals surface area contributed by atoms with Crippen molar-refractivity contribution in [3.8, 4) is 0 Å². The van der Waals surface area contributed by atoms with Crippen LogP contribution in [0.5, 0.6) is 0 Å². The molecule has 0 unspecified atom stereocenters. The summed E-state index contributed by atoms with van der Waals surface area (Å²) in [6.07, 6.45) is 5.26. The van der Waals surface area contributed by atoms with E-state index in [2.05, 4.69) is 10.4 Å². The lowest BCUT2D eigenvalue weighted by molar-refractivity contribution is -0.127. The molecule has 1 fully saturated rings. The molecule has 170 valence electrons. The molecule has 2 heterocycles. The Bertz CT molecular complexity index is 1040. The summed E-state index contributed by atoms with van der Waals surface area (Å²) in [5, 5.41) is 7.49. The van der Waals surface area contributed by atoms with Crippen molar-refractivity contribution < 1.29 is 19.1 Å². The molecule has 1 aromatic carbocycles. The molecule has 2 aliphatic rings. The van der Waals surface area contributed by atoms with Gasteiger partial charge in [-0.1, -0.05) is 37.5 Å². The molecular formula is C24H30N4O4. The second-order valence-corrected chi connectivity index (χ2v) is 8.80. The number of carbonyl (C=O) groups excluding carboxylic acids is 3. The zero-order valence-electron chi connectivity index (χ0n) is 18.9. The van der Waals surface area contributed by atoms with Gasteiger partial charge in [0, 0.05) is 17.8 Å². The van der Waals surface area contributed by atoms with Crippen LogP contribution in [0, 0.1) is 6.92 Å². The molecule has 1 aliphatic heterocycles. The number of fused-ring (bicyclic) bond motifs is 1. The minimum Gasteiger partial charge on any atom is -0.461 e. The van der Waals surface area contributed by atoms with Gasteiger partial charge in [-0.25, -0.2) is 4.79 Å². The maximum Gasteiger partial charge on any atom is 0.358 e. The Labute approximate surface area is 187 Å². The number of carbonyl (C=O) groups is 3. The molecule has 1 saturated carbocycles. The first-order chi connectivity index (χ1) is 15.3. The van der Waals surface area contributed by atoms with Crippen molar-refractivity contribution >= 4 is 23.5 Å². The van der Waals surface area contributed by atoms with Crippen LogP contribution in [0.15, 0.2) is 30.3 Å². The highest BCUT2D eigenvalue weighted by atomic mass is 16.5. The number of anilines is 1. The molecule has 0 spiro atoms. The van der Waals surface area contributed by atoms with Crippen LogP contribution in [-0.4, -0.2) is 45.8 Å². The van der Waals surface area contributed by atoms with E-state index in [0.717, 1.165) is 31.2 Å². The molecule has 1 aromatic heterocycles. The number of para-hydroxylation sites is 1. The number of rotatable bonds is 5. The Morgan fingerprint density at radius 1 is 1.22 bits per heavy atom. The third kappa shape index (κ3) is 3.89. The fraction of sp³-hybridized carbons (Fsp3) is 0.500. The summed E-state index contributed by atoms with van der Waals surface area (Å²) in [6.45, 7) is 5.75. The first kappa shape index (κ1) is 22.0. The minimum atomic E-state index is -1.20. The largest absolute Gasteiger partial charge is 0.461 e. The summed E-state index contributed by atoms with van der Waals surface area (Å²) in [6, 6.07) is 9.07. The van der Waals surface area contributed by atoms with Crippen molar-refractivity contribution in [2.45, 2.75) is 71.0 Å². The number of nitrogens with zero attached hydrogens (tertiary/aromatic N) is 3. The number of hydrogen-bond donors (Lipinski definition) is 1. The van der Waals surface area contributed by atoms with Gasteiger partial charge in [-0.3, -0.25) is 19.2 Å². The summed E-state index contributed by atoms with van der Waals surface area (Å²) in [7, 11) is 0. The fourth-order valence-corrected chi connectivity index (χ4v) is 4.67. The first-order valence-corrected chi connectivity index (χ1v) is 11.3. The smallest absolute Gasteiger partial charge is 0.358 e. The molecule has 2 aromatic rings. The Kier molecular flexibility index (Phi) is 6.04. The van der Waals surface area contributed by atoms with Crippen molar-refractivity contribution in [3.63, 3.8) is 0 Å². The summed E-state index contributed by atoms with van der Waals surface area (Å²) in [5.74, 6) is -1.16. The van der Waals surface area contributed by atoms with E-state index in [-0.39, 0.29) is 42.4 Å². The molecule has 0 saturated heterocycles. The van der Waals surface area contributed by atoms with Gasteiger partial charge >= 0.3 is 5.97 Å². The quantitative estimate of drug-likeness (QED) is 0.724. The van der Waals surface area contributed by atoms with E-state index < -0.39 is 11.5 Å². The van der Waals surface area contributed by atoms with Gasteiger partial charge in [0.1, 0.15) is 11.2 Å². The van der Waals surface area contributed by atoms with Gasteiger partial charge in [0.2, 0.25) is 5.91 Å². The SMILES string of the molecule is CCOC(=O)c1cc2n(n1)C[C@@](C)(C(=O)NC1CCCCC1)N(c1ccccc1C)C2=O. The fourth-order valence-electron chi connectivity index (χ4n) is 4.67. The van der Waals surface area contributed by atoms with Crippen LogP contribution in [0.1, 0.15) is 72.5 Å². The van der Waals surface area contributed by atoms with E-state index in [1.54, 1.807) is 18.7 Å². The number of esters is 1. The van der Waals surface area contributed by atoms with Crippen LogP contribution in [0.25, 0.3) is 0 Å². The highest BCUT2D eigenvalue weighted by molar-refractivity contribution is 6.12. The van der Waals surface area contributed by atoms with Gasteiger partial charge in [-0.15, -0.1) is 0 Å². The molecule has 1 aliphatic carbocycles. The molecule has 0 bridgehead atoms. The van der Waals surface area contributed by atoms with Gasteiger partial charge in [0.05, 0.1) is 13.2 Å². The lowest BCUT2D eigenvalue weighted by Gasteiger charge is -2.44. The minimum absolute atomic E-state index is 0.0665. The van der Waals surface area contributed by atoms with E-state index in [1.165, 1.54) is 17.2 Å². The van der Waals surface area contributed by atoms with Crippen molar-refractivity contribution in [1.82, 2.24) is 15.1 Å². The third-order valence-electron chi connectivity index (χ3n) is 6.42. The molecule has 8 nitrogen and oxygen atoms in total. The van der Waals surface area contributed by atoms with Crippen LogP contribution < -0.4 is 10.2 Å². The average molecular weight is 439 g/mol. The summed E-state index contributed by atoms with van der Waals surface area (Å²) in [5.41, 5.74) is 0.683. The maximum absolute atomic E-state index is 13.7. The molecule has 8 heteroatoms. The molecule has 1 atom stereocenters. The topological polar surface area (TPSA) is 93.5 Å². The predicted octanol–water partition coefficient (Wildman–Crippen LogP) is 3.24. The Morgan fingerprint density at radius 3 is 2.62 bits per heavy atom. The monoisotopic (exact) mass is 438 g/mol. The summed E-state index contributed by atoms with van der Waals surface area (Å²) in [4.78, 5) is 41.1. The number of aryl methyl sites for hydroxylation is 1. The van der Waals surface area contributed by atoms with E-state index >= 15 is 0 Å². The van der Waals surface area contributed by atoms with Gasteiger partial charge < -0.3 is 10.1 Å². The number of ether oxygens (including phenoxy) is 1. The van der Waals surface area contributed by atoms with E-state index in [9.17, 15) is 14.4 Å². The van der Waals surface area contributed by atoms with E-state index in [0.29, 0.717) is 5.69 Å². The Hall–Kier alpha value is -3.16. The van der Waals surface area contributed by atoms with Crippen LogP contribution in [-0.2, 0) is 16.1 Å². The van der Waals surface area contributed by atoms with Crippen LogP contribution >= 0.6 is 0 Å². The van der Waals surface area contributed by atoms with Gasteiger partial charge in [0.15, 0.2) is 5.69 Å². The molecule has 0 radical (unpaired) electrons. The number of hydrogen-bond acceptors (Lipinski definition) is 5. The highest BCUT2D eigenvalue weighted by Crippen LogP contribution is 2.35. The number of benzene rings is 1. The summed E-state index contributed by atoms with van der Waals surface area (Å²) >= 11 is 0. The number of aromatic nitrogens is 2. The van der Waals surface area contributed by atoms with Crippen molar-refractivity contribution in [3.05, 3.63) is 47.3 Å². The molecule has 4 rings (SSSR count). The second-order valence-electron chi connectivity index (χ2n) is 8.80. The molecule has 2 amide bonds. The zero-order valence-corrected chi connectivity index (χ0v) is 18.9. The van der Waals surface area contributed by atoms with Gasteiger partial charge in [-0.05, 0) is 45.2 Å². The zero-order chi connectivity index (χ0) is 22.9.